The van der Waals surface area contributed by atoms with Gasteiger partial charge in [0.2, 0.25) is 0 Å². The van der Waals surface area contributed by atoms with Crippen molar-refractivity contribution in [2.45, 2.75) is 25.7 Å². The normalized spacial score (nSPS) is 15.8. The molecule has 0 saturated carbocycles. The Hall–Kier alpha value is 0.0600. The summed E-state index contributed by atoms with van der Waals surface area (Å²) in [7, 11) is 0. The topological polar surface area (TPSA) is 29.3 Å². The maximum Gasteiger partial charge on any atom is 0.0601 e. The van der Waals surface area contributed by atoms with Gasteiger partial charge >= 0.3 is 0 Å². The van der Waals surface area contributed by atoms with Crippen molar-refractivity contribution in [3.8, 4) is 11.8 Å². The van der Waals surface area contributed by atoms with Crippen LogP contribution in [0.3, 0.4) is 0 Å². The summed E-state index contributed by atoms with van der Waals surface area (Å²) in [5.74, 6) is 6.22. The molecule has 1 aliphatic rings. The predicted molar refractivity (Wildman–Crippen MR) is 66.2 cm³/mol. The quantitative estimate of drug-likeness (QED) is 0.743. The lowest BCUT2D eigenvalue weighted by Gasteiger charge is -2.23. The van der Waals surface area contributed by atoms with Crippen LogP contribution in [0.5, 0.6) is 0 Å². The minimum Gasteiger partial charge on any atom is -0.330 e. The minimum atomic E-state index is 0. The molecular formula is C10H20Cl2N2. The van der Waals surface area contributed by atoms with Crippen molar-refractivity contribution in [2.24, 2.45) is 5.73 Å². The molecule has 4 heteroatoms. The van der Waals surface area contributed by atoms with Gasteiger partial charge in [-0.25, -0.2) is 0 Å². The Bertz CT molecular complexity index is 169. The molecule has 14 heavy (non-hydrogen) atoms. The fourth-order valence-electron chi connectivity index (χ4n) is 1.45. The summed E-state index contributed by atoms with van der Waals surface area (Å²) >= 11 is 0. The van der Waals surface area contributed by atoms with Gasteiger partial charge in [0.05, 0.1) is 6.54 Å². The highest BCUT2D eigenvalue weighted by molar-refractivity contribution is 5.85. The van der Waals surface area contributed by atoms with Crippen molar-refractivity contribution in [3.63, 3.8) is 0 Å². The van der Waals surface area contributed by atoms with E-state index >= 15 is 0 Å². The monoisotopic (exact) mass is 238 g/mol. The maximum absolute atomic E-state index is 5.33. The van der Waals surface area contributed by atoms with Crippen LogP contribution in [0, 0.1) is 11.8 Å². The van der Waals surface area contributed by atoms with Crippen LogP contribution in [0.4, 0.5) is 0 Å². The van der Waals surface area contributed by atoms with Crippen molar-refractivity contribution in [3.05, 3.63) is 0 Å². The Morgan fingerprint density at radius 2 is 1.64 bits per heavy atom. The van der Waals surface area contributed by atoms with Crippen LogP contribution < -0.4 is 5.73 Å². The number of nitrogens with zero attached hydrogens (tertiary/aromatic N) is 1. The zero-order valence-corrected chi connectivity index (χ0v) is 10.1. The van der Waals surface area contributed by atoms with E-state index < -0.39 is 0 Å². The zero-order chi connectivity index (χ0) is 8.65. The van der Waals surface area contributed by atoms with E-state index in [9.17, 15) is 0 Å². The zero-order valence-electron chi connectivity index (χ0n) is 8.50. The molecule has 0 atom stereocenters. The second kappa shape index (κ2) is 11.1. The molecule has 1 fully saturated rings. The summed E-state index contributed by atoms with van der Waals surface area (Å²) in [6.07, 6.45) is 4.93. The molecule has 0 aromatic carbocycles. The van der Waals surface area contributed by atoms with Gasteiger partial charge in [-0.1, -0.05) is 12.3 Å². The third-order valence-electron chi connectivity index (χ3n) is 2.15. The van der Waals surface area contributed by atoms with Crippen LogP contribution in [0.2, 0.25) is 0 Å². The average Bonchev–Trinajstić information content (AvgIpc) is 2.14. The van der Waals surface area contributed by atoms with Crippen molar-refractivity contribution in [2.75, 3.05) is 26.2 Å². The Kier molecular flexibility index (Phi) is 13.1. The molecule has 0 aromatic heterocycles. The smallest absolute Gasteiger partial charge is 0.0601 e. The van der Waals surface area contributed by atoms with Crippen LogP contribution in [0.15, 0.2) is 0 Å². The van der Waals surface area contributed by atoms with Crippen molar-refractivity contribution >= 4 is 24.8 Å². The van der Waals surface area contributed by atoms with E-state index in [0.717, 1.165) is 13.0 Å². The molecule has 0 aromatic rings. The van der Waals surface area contributed by atoms with Gasteiger partial charge in [-0.05, 0) is 25.9 Å². The average molecular weight is 239 g/mol. The molecule has 1 saturated heterocycles. The third-order valence-corrected chi connectivity index (χ3v) is 2.15. The minimum absolute atomic E-state index is 0. The summed E-state index contributed by atoms with van der Waals surface area (Å²) in [4.78, 5) is 2.42. The summed E-state index contributed by atoms with van der Waals surface area (Å²) in [5.41, 5.74) is 5.33. The highest BCUT2D eigenvalue weighted by Gasteiger charge is 2.07. The number of hydrogen-bond donors (Lipinski definition) is 1. The fraction of sp³-hybridized carbons (Fsp3) is 0.800. The lowest BCUT2D eigenvalue weighted by atomic mass is 10.1. The summed E-state index contributed by atoms with van der Waals surface area (Å²) in [6.45, 7) is 4.10. The molecular weight excluding hydrogens is 219 g/mol. The first-order chi connectivity index (χ1) is 5.93. The summed E-state index contributed by atoms with van der Waals surface area (Å²) < 4.78 is 0. The van der Waals surface area contributed by atoms with E-state index in [2.05, 4.69) is 16.7 Å². The van der Waals surface area contributed by atoms with Crippen molar-refractivity contribution < 1.29 is 0 Å². The Morgan fingerprint density at radius 1 is 1.00 bits per heavy atom. The second-order valence-corrected chi connectivity index (χ2v) is 3.23. The molecule has 1 aliphatic heterocycles. The Balaban J connectivity index is 0. The SMILES string of the molecule is Cl.Cl.NCCC#CCN1CCCCC1. The van der Waals surface area contributed by atoms with E-state index in [1.165, 1.54) is 32.4 Å². The predicted octanol–water partition coefficient (Wildman–Crippen LogP) is 1.67. The molecule has 0 amide bonds. The molecule has 0 aliphatic carbocycles. The van der Waals surface area contributed by atoms with Crippen LogP contribution in [0.25, 0.3) is 0 Å². The summed E-state index contributed by atoms with van der Waals surface area (Å²) in [6, 6.07) is 0. The number of hydrogen-bond acceptors (Lipinski definition) is 2. The number of piperidine rings is 1. The highest BCUT2D eigenvalue weighted by Crippen LogP contribution is 2.06. The van der Waals surface area contributed by atoms with E-state index in [-0.39, 0.29) is 24.8 Å². The van der Waals surface area contributed by atoms with Crippen molar-refractivity contribution in [1.82, 2.24) is 4.90 Å². The van der Waals surface area contributed by atoms with Crippen LogP contribution in [-0.2, 0) is 0 Å². The first kappa shape index (κ1) is 16.5. The van der Waals surface area contributed by atoms with Gasteiger partial charge in [0.15, 0.2) is 0 Å². The number of nitrogens with two attached hydrogens (primary N) is 1. The first-order valence-electron chi connectivity index (χ1n) is 4.81. The molecule has 0 unspecified atom stereocenters. The second-order valence-electron chi connectivity index (χ2n) is 3.23. The molecule has 0 radical (unpaired) electrons. The lowest BCUT2D eigenvalue weighted by molar-refractivity contribution is 0.255. The Labute approximate surface area is 99.4 Å². The van der Waals surface area contributed by atoms with Gasteiger partial charge in [0, 0.05) is 13.0 Å². The highest BCUT2D eigenvalue weighted by atomic mass is 35.5. The Morgan fingerprint density at radius 3 is 2.21 bits per heavy atom. The molecule has 2 N–H and O–H groups in total. The van der Waals surface area contributed by atoms with Gasteiger partial charge in [-0.3, -0.25) is 4.90 Å². The van der Waals surface area contributed by atoms with Gasteiger partial charge in [0.25, 0.3) is 0 Å². The number of likely N-dealkylation sites (tertiary alicyclic amines) is 1. The van der Waals surface area contributed by atoms with E-state index in [4.69, 9.17) is 5.73 Å². The van der Waals surface area contributed by atoms with Gasteiger partial charge < -0.3 is 5.73 Å². The van der Waals surface area contributed by atoms with E-state index in [1.807, 2.05) is 0 Å². The van der Waals surface area contributed by atoms with Crippen LogP contribution in [0.1, 0.15) is 25.7 Å². The van der Waals surface area contributed by atoms with E-state index in [0.29, 0.717) is 6.54 Å². The molecule has 0 bridgehead atoms. The molecule has 2 nitrogen and oxygen atoms in total. The van der Waals surface area contributed by atoms with Crippen LogP contribution in [-0.4, -0.2) is 31.1 Å². The molecule has 1 rings (SSSR count). The largest absolute Gasteiger partial charge is 0.330 e. The first-order valence-corrected chi connectivity index (χ1v) is 4.81. The van der Waals surface area contributed by atoms with Crippen molar-refractivity contribution in [1.29, 1.82) is 0 Å². The summed E-state index contributed by atoms with van der Waals surface area (Å²) in [5, 5.41) is 0. The third kappa shape index (κ3) is 7.46. The van der Waals surface area contributed by atoms with E-state index in [1.54, 1.807) is 0 Å². The molecule has 1 heterocycles. The van der Waals surface area contributed by atoms with Crippen LogP contribution >= 0.6 is 24.8 Å². The van der Waals surface area contributed by atoms with Gasteiger partial charge in [-0.15, -0.1) is 30.7 Å². The fourth-order valence-corrected chi connectivity index (χ4v) is 1.45. The number of rotatable bonds is 2. The molecule has 84 valence electrons. The van der Waals surface area contributed by atoms with Gasteiger partial charge in [0.1, 0.15) is 0 Å². The molecule has 0 spiro atoms. The maximum atomic E-state index is 5.33. The number of halogens is 2. The standard InChI is InChI=1S/C10H18N2.2ClH/c11-7-3-1-4-8-12-9-5-2-6-10-12;;/h2-3,5-11H2;2*1H. The lowest BCUT2D eigenvalue weighted by Crippen LogP contribution is -2.29. The van der Waals surface area contributed by atoms with Gasteiger partial charge in [-0.2, -0.15) is 0 Å².